The van der Waals surface area contributed by atoms with Gasteiger partial charge in [-0.25, -0.2) is 4.79 Å². The summed E-state index contributed by atoms with van der Waals surface area (Å²) in [7, 11) is 0. The number of hydrogen-bond donors (Lipinski definition) is 2. The number of nitriles is 2. The molecule has 0 aromatic rings. The van der Waals surface area contributed by atoms with Crippen molar-refractivity contribution in [2.45, 2.75) is 12.8 Å². The molecule has 0 aromatic carbocycles. The van der Waals surface area contributed by atoms with Crippen molar-refractivity contribution in [1.82, 2.24) is 15.5 Å². The van der Waals surface area contributed by atoms with Gasteiger partial charge in [0.25, 0.3) is 0 Å². The molecule has 2 N–H and O–H groups in total. The highest BCUT2D eigenvalue weighted by atomic mass is 16.2. The van der Waals surface area contributed by atoms with Crippen LogP contribution in [0.25, 0.3) is 0 Å². The third-order valence-electron chi connectivity index (χ3n) is 2.68. The fourth-order valence-electron chi connectivity index (χ4n) is 1.67. The average molecular weight is 235 g/mol. The number of urea groups is 1. The summed E-state index contributed by atoms with van der Waals surface area (Å²) in [5, 5.41) is 23.1. The fourth-order valence-corrected chi connectivity index (χ4v) is 1.67. The van der Waals surface area contributed by atoms with Crippen molar-refractivity contribution in [3.05, 3.63) is 0 Å². The van der Waals surface area contributed by atoms with Gasteiger partial charge in [0, 0.05) is 39.1 Å². The fraction of sp³-hybridized carbons (Fsp3) is 0.727. The molecule has 1 saturated heterocycles. The van der Waals surface area contributed by atoms with Crippen molar-refractivity contribution >= 4 is 6.03 Å². The second-order valence-electron chi connectivity index (χ2n) is 3.95. The number of rotatable bonds is 7. The lowest BCUT2D eigenvalue weighted by Crippen LogP contribution is -2.36. The van der Waals surface area contributed by atoms with Crippen LogP contribution in [0.5, 0.6) is 0 Å². The van der Waals surface area contributed by atoms with Crippen molar-refractivity contribution in [1.29, 1.82) is 10.5 Å². The molecule has 0 aliphatic carbocycles. The minimum Gasteiger partial charge on any atom is -0.336 e. The number of hydrogen-bond acceptors (Lipinski definition) is 4. The van der Waals surface area contributed by atoms with E-state index >= 15 is 0 Å². The van der Waals surface area contributed by atoms with Crippen LogP contribution in [0.4, 0.5) is 4.79 Å². The van der Waals surface area contributed by atoms with Crippen LogP contribution >= 0.6 is 0 Å². The Hall–Kier alpha value is -1.79. The van der Waals surface area contributed by atoms with Gasteiger partial charge in [-0.3, -0.25) is 0 Å². The number of nitrogens with one attached hydrogen (secondary N) is 2. The quantitative estimate of drug-likeness (QED) is 0.610. The first kappa shape index (κ1) is 13.3. The van der Waals surface area contributed by atoms with E-state index in [1.807, 2.05) is 6.07 Å². The Balaban J connectivity index is 2.08. The third-order valence-corrected chi connectivity index (χ3v) is 2.68. The summed E-state index contributed by atoms with van der Waals surface area (Å²) < 4.78 is 0. The van der Waals surface area contributed by atoms with E-state index in [0.29, 0.717) is 39.0 Å². The largest absolute Gasteiger partial charge is 0.336 e. The van der Waals surface area contributed by atoms with Crippen LogP contribution in [0.1, 0.15) is 12.8 Å². The molecule has 1 rings (SSSR count). The van der Waals surface area contributed by atoms with E-state index in [2.05, 4.69) is 16.7 Å². The summed E-state index contributed by atoms with van der Waals surface area (Å²) in [5.41, 5.74) is 0. The molecule has 2 amide bonds. The van der Waals surface area contributed by atoms with E-state index in [-0.39, 0.29) is 11.9 Å². The van der Waals surface area contributed by atoms with Crippen molar-refractivity contribution in [3.63, 3.8) is 0 Å². The van der Waals surface area contributed by atoms with Gasteiger partial charge in [0.1, 0.15) is 0 Å². The lowest BCUT2D eigenvalue weighted by molar-refractivity contribution is 0.217. The molecule has 1 atom stereocenters. The molecule has 1 aliphatic rings. The Kier molecular flexibility index (Phi) is 5.84. The molecule has 6 nitrogen and oxygen atoms in total. The first-order valence-electron chi connectivity index (χ1n) is 5.78. The van der Waals surface area contributed by atoms with Gasteiger partial charge in [-0.05, 0) is 6.42 Å². The van der Waals surface area contributed by atoms with Crippen LogP contribution < -0.4 is 10.6 Å². The molecule has 0 spiro atoms. The van der Waals surface area contributed by atoms with E-state index in [0.717, 1.165) is 6.54 Å². The molecular formula is C11H17N5O. The van der Waals surface area contributed by atoms with Gasteiger partial charge < -0.3 is 15.5 Å². The number of nitrogens with zero attached hydrogens (tertiary/aromatic N) is 3. The molecule has 0 saturated carbocycles. The van der Waals surface area contributed by atoms with Crippen LogP contribution in [-0.2, 0) is 0 Å². The number of amides is 2. The summed E-state index contributed by atoms with van der Waals surface area (Å²) >= 11 is 0. The summed E-state index contributed by atoms with van der Waals surface area (Å²) in [6.07, 6.45) is 1.01. The Morgan fingerprint density at radius 2 is 2.35 bits per heavy atom. The zero-order valence-electron chi connectivity index (χ0n) is 9.78. The monoisotopic (exact) mass is 235 g/mol. The standard InChI is InChI=1S/C11H17N5O/c12-3-1-2-10(8-13)9-14-4-6-16-7-5-15-11(16)17/h10,14H,1-2,4-7,9H2,(H,15,17). The number of carbonyl (C=O) groups excluding carboxylic acids is 1. The summed E-state index contributed by atoms with van der Waals surface area (Å²) in [6.45, 7) is 3.37. The van der Waals surface area contributed by atoms with Crippen LogP contribution in [-0.4, -0.2) is 43.7 Å². The molecule has 1 aliphatic heterocycles. The minimum atomic E-state index is -0.123. The van der Waals surface area contributed by atoms with Crippen molar-refractivity contribution in [2.24, 2.45) is 5.92 Å². The van der Waals surface area contributed by atoms with Crippen molar-refractivity contribution in [3.8, 4) is 12.1 Å². The highest BCUT2D eigenvalue weighted by molar-refractivity contribution is 5.76. The first-order chi connectivity index (χ1) is 8.27. The van der Waals surface area contributed by atoms with E-state index in [1.165, 1.54) is 0 Å². The average Bonchev–Trinajstić information content (AvgIpc) is 2.74. The first-order valence-corrected chi connectivity index (χ1v) is 5.78. The molecule has 1 unspecified atom stereocenters. The van der Waals surface area contributed by atoms with Gasteiger partial charge in [-0.2, -0.15) is 10.5 Å². The van der Waals surface area contributed by atoms with Crippen molar-refractivity contribution in [2.75, 3.05) is 32.7 Å². The molecule has 92 valence electrons. The highest BCUT2D eigenvalue weighted by Gasteiger charge is 2.18. The van der Waals surface area contributed by atoms with Gasteiger partial charge in [0.15, 0.2) is 0 Å². The Morgan fingerprint density at radius 3 is 2.94 bits per heavy atom. The Morgan fingerprint density at radius 1 is 1.53 bits per heavy atom. The molecule has 0 aromatic heterocycles. The van der Waals surface area contributed by atoms with Crippen molar-refractivity contribution < 1.29 is 4.79 Å². The summed E-state index contributed by atoms with van der Waals surface area (Å²) in [6, 6.07) is 4.18. The number of carbonyl (C=O) groups is 1. The zero-order chi connectivity index (χ0) is 12.5. The highest BCUT2D eigenvalue weighted by Crippen LogP contribution is 2.02. The van der Waals surface area contributed by atoms with Gasteiger partial charge in [0.2, 0.25) is 0 Å². The third kappa shape index (κ3) is 4.71. The maximum atomic E-state index is 11.2. The van der Waals surface area contributed by atoms with Gasteiger partial charge in [-0.15, -0.1) is 0 Å². The topological polar surface area (TPSA) is 91.9 Å². The van der Waals surface area contributed by atoms with Crippen LogP contribution in [0.2, 0.25) is 0 Å². The molecule has 0 radical (unpaired) electrons. The van der Waals surface area contributed by atoms with Crippen LogP contribution in [0, 0.1) is 28.6 Å². The SMILES string of the molecule is N#CCCC(C#N)CNCCN1CCNC1=O. The maximum absolute atomic E-state index is 11.2. The minimum absolute atomic E-state index is 0.0203. The molecular weight excluding hydrogens is 218 g/mol. The second-order valence-corrected chi connectivity index (χ2v) is 3.95. The zero-order valence-corrected chi connectivity index (χ0v) is 9.78. The summed E-state index contributed by atoms with van der Waals surface area (Å²) in [5.74, 6) is -0.123. The van der Waals surface area contributed by atoms with Gasteiger partial charge >= 0.3 is 6.03 Å². The lowest BCUT2D eigenvalue weighted by Gasteiger charge is -2.15. The lowest BCUT2D eigenvalue weighted by atomic mass is 10.1. The van der Waals surface area contributed by atoms with E-state index in [1.54, 1.807) is 4.90 Å². The molecule has 0 bridgehead atoms. The van der Waals surface area contributed by atoms with Crippen LogP contribution in [0.15, 0.2) is 0 Å². The second kappa shape index (κ2) is 7.48. The molecule has 1 fully saturated rings. The normalized spacial score (nSPS) is 16.1. The van der Waals surface area contributed by atoms with Gasteiger partial charge in [0.05, 0.1) is 18.1 Å². The van der Waals surface area contributed by atoms with E-state index in [9.17, 15) is 4.79 Å². The predicted molar refractivity (Wildman–Crippen MR) is 61.8 cm³/mol. The molecule has 17 heavy (non-hydrogen) atoms. The smallest absolute Gasteiger partial charge is 0.317 e. The van der Waals surface area contributed by atoms with E-state index in [4.69, 9.17) is 10.5 Å². The molecule has 6 heteroatoms. The summed E-state index contributed by atoms with van der Waals surface area (Å²) in [4.78, 5) is 12.9. The predicted octanol–water partition coefficient (Wildman–Crippen LogP) is 0.0448. The Bertz CT molecular complexity index is 330. The van der Waals surface area contributed by atoms with Crippen LogP contribution in [0.3, 0.4) is 0 Å². The molecule has 1 heterocycles. The van der Waals surface area contributed by atoms with Gasteiger partial charge in [-0.1, -0.05) is 0 Å². The Labute approximate surface area is 101 Å². The van der Waals surface area contributed by atoms with E-state index < -0.39 is 0 Å². The maximum Gasteiger partial charge on any atom is 0.317 e.